The van der Waals surface area contributed by atoms with Crippen LogP contribution in [0.1, 0.15) is 26.3 Å². The van der Waals surface area contributed by atoms with Crippen molar-refractivity contribution < 1.29 is 19.1 Å². The lowest BCUT2D eigenvalue weighted by molar-refractivity contribution is -0.130. The van der Waals surface area contributed by atoms with E-state index in [0.29, 0.717) is 22.6 Å². The second kappa shape index (κ2) is 9.96. The molecule has 0 aliphatic rings. The molecule has 3 aromatic rings. The van der Waals surface area contributed by atoms with E-state index < -0.39 is 11.9 Å². The molecule has 3 aromatic carbocycles. The van der Waals surface area contributed by atoms with Gasteiger partial charge in [-0.05, 0) is 78.9 Å². The number of hydrogen-bond donors (Lipinski definition) is 0. The van der Waals surface area contributed by atoms with Crippen LogP contribution in [0.25, 0.3) is 27.8 Å². The van der Waals surface area contributed by atoms with Crippen LogP contribution in [-0.2, 0) is 9.59 Å². The third-order valence-electron chi connectivity index (χ3n) is 4.95. The zero-order valence-corrected chi connectivity index (χ0v) is 19.1. The number of rotatable bonds is 7. The number of hydrogen-bond acceptors (Lipinski definition) is 4. The number of allylic oxidation sites excluding steroid dienone is 1. The van der Waals surface area contributed by atoms with E-state index in [1.807, 2.05) is 43.3 Å². The molecule has 0 atom stereocenters. The highest BCUT2D eigenvalue weighted by molar-refractivity contribution is 5.89. The Hall–Kier alpha value is -4.18. The van der Waals surface area contributed by atoms with Crippen LogP contribution in [0.2, 0.25) is 0 Å². The van der Waals surface area contributed by atoms with Crippen LogP contribution in [0.3, 0.4) is 0 Å². The van der Waals surface area contributed by atoms with Crippen molar-refractivity contribution >= 4 is 17.5 Å². The lowest BCUT2D eigenvalue weighted by Crippen LogP contribution is -2.07. The average Bonchev–Trinajstić information content (AvgIpc) is 2.79. The van der Waals surface area contributed by atoms with Crippen LogP contribution in [0.4, 0.5) is 0 Å². The second-order valence-corrected chi connectivity index (χ2v) is 7.93. The number of carbonyl (C=O) groups is 2. The van der Waals surface area contributed by atoms with Crippen molar-refractivity contribution in [1.29, 1.82) is 0 Å². The first-order valence-corrected chi connectivity index (χ1v) is 10.4. The highest BCUT2D eigenvalue weighted by Gasteiger charge is 2.11. The van der Waals surface area contributed by atoms with E-state index in [1.54, 1.807) is 38.1 Å². The third-order valence-corrected chi connectivity index (χ3v) is 4.95. The standard InChI is InChI=1S/C29H26O4/c1-18(2)27-17-23(21-7-12-24(13-8-21)32-28(30)19(3)4)11-16-26(27)22-9-14-25(15-10-22)33-29(31)20(5)6/h7-17H,1,3,5H2,2,4,6H3. The van der Waals surface area contributed by atoms with Gasteiger partial charge in [-0.25, -0.2) is 9.59 Å². The van der Waals surface area contributed by atoms with Crippen LogP contribution in [-0.4, -0.2) is 11.9 Å². The van der Waals surface area contributed by atoms with E-state index >= 15 is 0 Å². The summed E-state index contributed by atoms with van der Waals surface area (Å²) >= 11 is 0. The summed E-state index contributed by atoms with van der Waals surface area (Å²) in [4.78, 5) is 23.4. The molecule has 0 spiro atoms. The largest absolute Gasteiger partial charge is 0.423 e. The summed E-state index contributed by atoms with van der Waals surface area (Å²) in [6.45, 7) is 16.5. The molecule has 0 saturated carbocycles. The molecule has 0 fully saturated rings. The molecule has 3 rings (SSSR count). The molecule has 0 aliphatic carbocycles. The fraction of sp³-hybridized carbons (Fsp3) is 0.103. The molecule has 0 aromatic heterocycles. The van der Waals surface area contributed by atoms with E-state index in [9.17, 15) is 9.59 Å². The fourth-order valence-corrected chi connectivity index (χ4v) is 3.13. The molecular weight excluding hydrogens is 412 g/mol. The van der Waals surface area contributed by atoms with Gasteiger partial charge in [-0.15, -0.1) is 0 Å². The summed E-state index contributed by atoms with van der Waals surface area (Å²) in [7, 11) is 0. The van der Waals surface area contributed by atoms with Crippen molar-refractivity contribution in [2.45, 2.75) is 20.8 Å². The van der Waals surface area contributed by atoms with Crippen molar-refractivity contribution in [3.63, 3.8) is 0 Å². The quantitative estimate of drug-likeness (QED) is 0.226. The van der Waals surface area contributed by atoms with Crippen molar-refractivity contribution in [3.8, 4) is 33.8 Å². The predicted octanol–water partition coefficient (Wildman–Crippen LogP) is 7.02. The van der Waals surface area contributed by atoms with Gasteiger partial charge >= 0.3 is 11.9 Å². The molecule has 4 nitrogen and oxygen atoms in total. The van der Waals surface area contributed by atoms with Crippen molar-refractivity contribution in [3.05, 3.63) is 103 Å². The summed E-state index contributed by atoms with van der Waals surface area (Å²) < 4.78 is 10.5. The minimum Gasteiger partial charge on any atom is -0.423 e. The number of benzene rings is 3. The fourth-order valence-electron chi connectivity index (χ4n) is 3.13. The van der Waals surface area contributed by atoms with Crippen molar-refractivity contribution in [1.82, 2.24) is 0 Å². The van der Waals surface area contributed by atoms with Gasteiger partial charge in [0.05, 0.1) is 0 Å². The molecule has 33 heavy (non-hydrogen) atoms. The van der Waals surface area contributed by atoms with E-state index in [1.165, 1.54) is 0 Å². The Kier molecular flexibility index (Phi) is 7.09. The Morgan fingerprint density at radius 3 is 1.45 bits per heavy atom. The molecule has 0 aliphatic heterocycles. The molecule has 0 N–H and O–H groups in total. The van der Waals surface area contributed by atoms with Gasteiger partial charge in [0.15, 0.2) is 0 Å². The van der Waals surface area contributed by atoms with Gasteiger partial charge in [0.2, 0.25) is 0 Å². The minimum atomic E-state index is -0.449. The highest BCUT2D eigenvalue weighted by Crippen LogP contribution is 2.34. The highest BCUT2D eigenvalue weighted by atomic mass is 16.5. The number of carbonyl (C=O) groups excluding carboxylic acids is 2. The van der Waals surface area contributed by atoms with E-state index in [-0.39, 0.29) is 0 Å². The summed E-state index contributed by atoms with van der Waals surface area (Å²) in [6.07, 6.45) is 0. The smallest absolute Gasteiger partial charge is 0.338 e. The monoisotopic (exact) mass is 438 g/mol. The van der Waals surface area contributed by atoms with E-state index in [2.05, 4.69) is 25.8 Å². The van der Waals surface area contributed by atoms with Crippen molar-refractivity contribution in [2.75, 3.05) is 0 Å². The molecule has 166 valence electrons. The Morgan fingerprint density at radius 1 is 0.606 bits per heavy atom. The van der Waals surface area contributed by atoms with Gasteiger partial charge in [-0.3, -0.25) is 0 Å². The zero-order valence-electron chi connectivity index (χ0n) is 19.1. The topological polar surface area (TPSA) is 52.6 Å². The summed E-state index contributed by atoms with van der Waals surface area (Å²) in [6, 6.07) is 20.8. The molecule has 0 heterocycles. The first kappa shape index (κ1) is 23.5. The number of esters is 2. The van der Waals surface area contributed by atoms with Crippen molar-refractivity contribution in [2.24, 2.45) is 0 Å². The van der Waals surface area contributed by atoms with Gasteiger partial charge in [-0.2, -0.15) is 0 Å². The second-order valence-electron chi connectivity index (χ2n) is 7.93. The predicted molar refractivity (Wildman–Crippen MR) is 133 cm³/mol. The maximum absolute atomic E-state index is 11.7. The van der Waals surface area contributed by atoms with Crippen LogP contribution in [0.15, 0.2) is 97.6 Å². The van der Waals surface area contributed by atoms with Gasteiger partial charge in [0.1, 0.15) is 11.5 Å². The van der Waals surface area contributed by atoms with Gasteiger partial charge < -0.3 is 9.47 Å². The number of ether oxygens (including phenoxy) is 2. The average molecular weight is 439 g/mol. The molecule has 0 bridgehead atoms. The van der Waals surface area contributed by atoms with E-state index in [4.69, 9.17) is 9.47 Å². The maximum atomic E-state index is 11.7. The SMILES string of the molecule is C=C(C)C(=O)Oc1ccc(-c2ccc(-c3ccc(OC(=O)C(=C)C)cc3)c(C(=C)C)c2)cc1. The lowest BCUT2D eigenvalue weighted by atomic mass is 9.92. The molecule has 0 unspecified atom stereocenters. The first-order valence-electron chi connectivity index (χ1n) is 10.4. The Labute approximate surface area is 194 Å². The molecule has 0 saturated heterocycles. The Morgan fingerprint density at radius 2 is 1.03 bits per heavy atom. The Balaban J connectivity index is 1.87. The summed E-state index contributed by atoms with van der Waals surface area (Å²) in [5.74, 6) is 0.0378. The lowest BCUT2D eigenvalue weighted by Gasteiger charge is -2.13. The molecule has 0 radical (unpaired) electrons. The van der Waals surface area contributed by atoms with E-state index in [0.717, 1.165) is 33.4 Å². The maximum Gasteiger partial charge on any atom is 0.338 e. The minimum absolute atomic E-state index is 0.348. The van der Waals surface area contributed by atoms with Crippen LogP contribution >= 0.6 is 0 Å². The normalized spacial score (nSPS) is 10.3. The van der Waals surface area contributed by atoms with Crippen LogP contribution in [0, 0.1) is 0 Å². The van der Waals surface area contributed by atoms with Gasteiger partial charge in [-0.1, -0.05) is 61.7 Å². The van der Waals surface area contributed by atoms with Gasteiger partial charge in [0, 0.05) is 11.1 Å². The summed E-state index contributed by atoms with van der Waals surface area (Å²) in [5, 5.41) is 0. The molecular formula is C29H26O4. The first-order chi connectivity index (χ1) is 15.7. The van der Waals surface area contributed by atoms with Crippen LogP contribution in [0.5, 0.6) is 11.5 Å². The Bertz CT molecular complexity index is 1250. The third kappa shape index (κ3) is 5.74. The molecule has 4 heteroatoms. The van der Waals surface area contributed by atoms with Crippen LogP contribution < -0.4 is 9.47 Å². The zero-order chi connectivity index (χ0) is 24.1. The molecule has 0 amide bonds. The summed E-state index contributed by atoms with van der Waals surface area (Å²) in [5.41, 5.74) is 6.65. The van der Waals surface area contributed by atoms with Gasteiger partial charge in [0.25, 0.3) is 0 Å².